The summed E-state index contributed by atoms with van der Waals surface area (Å²) in [5, 5.41) is 0. The van der Waals surface area contributed by atoms with Gasteiger partial charge in [0.05, 0.1) is 6.61 Å². The first-order chi connectivity index (χ1) is 6.16. The van der Waals surface area contributed by atoms with Crippen molar-refractivity contribution >= 4 is 8.25 Å². The van der Waals surface area contributed by atoms with Crippen molar-refractivity contribution in [2.45, 2.75) is 46.0 Å². The molecule has 13 heavy (non-hydrogen) atoms. The molecule has 0 heterocycles. The maximum Gasteiger partial charge on any atom is 0.316 e. The molecule has 0 radical (unpaired) electrons. The van der Waals surface area contributed by atoms with Crippen LogP contribution < -0.4 is 0 Å². The minimum absolute atomic E-state index is 0.425. The zero-order valence-corrected chi connectivity index (χ0v) is 9.58. The number of hydrogen-bond acceptors (Lipinski definition) is 2. The van der Waals surface area contributed by atoms with E-state index >= 15 is 0 Å². The highest BCUT2D eigenvalue weighted by atomic mass is 31.1. The van der Waals surface area contributed by atoms with Crippen molar-refractivity contribution in [3.63, 3.8) is 0 Å². The van der Waals surface area contributed by atoms with Gasteiger partial charge in [0.1, 0.15) is 0 Å². The molecule has 80 valence electrons. The van der Waals surface area contributed by atoms with Crippen LogP contribution in [0.1, 0.15) is 46.0 Å². The van der Waals surface area contributed by atoms with Gasteiger partial charge in [0.25, 0.3) is 0 Å². The molecule has 0 amide bonds. The van der Waals surface area contributed by atoms with Gasteiger partial charge in [-0.1, -0.05) is 39.5 Å². The van der Waals surface area contributed by atoms with Crippen molar-refractivity contribution < 1.29 is 14.0 Å². The van der Waals surface area contributed by atoms with Crippen LogP contribution in [0.25, 0.3) is 0 Å². The van der Waals surface area contributed by atoms with Gasteiger partial charge in [-0.05, 0) is 12.3 Å². The normalized spacial score (nSPS) is 15.6. The molecule has 0 aliphatic rings. The fraction of sp³-hybridized carbons (Fsp3) is 1.00. The van der Waals surface area contributed by atoms with Crippen molar-refractivity contribution in [3.05, 3.63) is 0 Å². The van der Waals surface area contributed by atoms with Crippen LogP contribution >= 0.6 is 8.25 Å². The van der Waals surface area contributed by atoms with E-state index < -0.39 is 8.25 Å². The van der Waals surface area contributed by atoms with Crippen molar-refractivity contribution in [1.82, 2.24) is 0 Å². The zero-order valence-electron chi connectivity index (χ0n) is 8.58. The van der Waals surface area contributed by atoms with Gasteiger partial charge in [-0.3, -0.25) is 4.57 Å². The van der Waals surface area contributed by atoms with Crippen molar-refractivity contribution in [2.24, 2.45) is 5.92 Å². The summed E-state index contributed by atoms with van der Waals surface area (Å²) in [7, 11) is -2.69. The van der Waals surface area contributed by atoms with E-state index in [4.69, 9.17) is 4.89 Å². The molecule has 0 saturated carbocycles. The molecule has 0 aromatic heterocycles. The first-order valence-electron chi connectivity index (χ1n) is 5.02. The predicted molar refractivity (Wildman–Crippen MR) is 55.1 cm³/mol. The smallest absolute Gasteiger partial charge is 0.316 e. The second-order valence-corrected chi connectivity index (χ2v) is 4.30. The molecule has 2 atom stereocenters. The van der Waals surface area contributed by atoms with Gasteiger partial charge in [-0.15, -0.1) is 0 Å². The van der Waals surface area contributed by atoms with Crippen LogP contribution in [0.15, 0.2) is 0 Å². The average Bonchev–Trinajstić information content (AvgIpc) is 2.10. The van der Waals surface area contributed by atoms with E-state index in [1.807, 2.05) is 0 Å². The molecule has 0 spiro atoms. The van der Waals surface area contributed by atoms with Crippen LogP contribution in [-0.4, -0.2) is 11.5 Å². The third-order valence-electron chi connectivity index (χ3n) is 2.26. The van der Waals surface area contributed by atoms with E-state index in [0.29, 0.717) is 6.61 Å². The van der Waals surface area contributed by atoms with E-state index in [2.05, 4.69) is 18.4 Å². The maximum absolute atomic E-state index is 10.1. The highest BCUT2D eigenvalue weighted by Gasteiger charge is 1.98. The summed E-state index contributed by atoms with van der Waals surface area (Å²) in [6.07, 6.45) is 5.68. The van der Waals surface area contributed by atoms with Gasteiger partial charge in [-0.2, -0.15) is 0 Å². The fourth-order valence-corrected chi connectivity index (χ4v) is 1.45. The second kappa shape index (κ2) is 8.74. The van der Waals surface area contributed by atoms with Crippen molar-refractivity contribution in [2.75, 3.05) is 6.61 Å². The monoisotopic (exact) mass is 208 g/mol. The SMILES string of the molecule is CCC(C)CCCCCO[PH](=O)O. The van der Waals surface area contributed by atoms with E-state index in [9.17, 15) is 4.57 Å². The van der Waals surface area contributed by atoms with Crippen molar-refractivity contribution in [3.8, 4) is 0 Å². The molecule has 0 aromatic carbocycles. The van der Waals surface area contributed by atoms with Gasteiger partial charge < -0.3 is 9.42 Å². The molecule has 1 N–H and O–H groups in total. The Morgan fingerprint density at radius 3 is 2.62 bits per heavy atom. The van der Waals surface area contributed by atoms with E-state index in [-0.39, 0.29) is 0 Å². The van der Waals surface area contributed by atoms with Gasteiger partial charge >= 0.3 is 8.25 Å². The number of hydrogen-bond donors (Lipinski definition) is 1. The lowest BCUT2D eigenvalue weighted by Gasteiger charge is -2.06. The number of rotatable bonds is 8. The number of unbranched alkanes of at least 4 members (excludes halogenated alkanes) is 2. The minimum atomic E-state index is -2.69. The van der Waals surface area contributed by atoms with E-state index in [1.54, 1.807) is 0 Å². The highest BCUT2D eigenvalue weighted by Crippen LogP contribution is 2.16. The summed E-state index contributed by atoms with van der Waals surface area (Å²) < 4.78 is 14.7. The standard InChI is InChI=1S/C9H21O3P/c1-3-9(2)7-5-4-6-8-12-13(10)11/h9,13H,3-8H2,1-2H3,(H,10,11). The molecule has 3 nitrogen and oxygen atoms in total. The molecule has 0 rings (SSSR count). The van der Waals surface area contributed by atoms with Crippen molar-refractivity contribution in [1.29, 1.82) is 0 Å². The average molecular weight is 208 g/mol. The molecule has 0 aliphatic carbocycles. The summed E-state index contributed by atoms with van der Waals surface area (Å²) in [6, 6.07) is 0. The molecule has 0 fully saturated rings. The Morgan fingerprint density at radius 1 is 1.38 bits per heavy atom. The summed E-state index contributed by atoms with van der Waals surface area (Å²) in [6.45, 7) is 4.88. The van der Waals surface area contributed by atoms with Gasteiger partial charge in [0.2, 0.25) is 0 Å². The Kier molecular flexibility index (Phi) is 8.84. The molecule has 0 bridgehead atoms. The second-order valence-electron chi connectivity index (χ2n) is 3.48. The summed E-state index contributed by atoms with van der Waals surface area (Å²) in [4.78, 5) is 8.36. The van der Waals surface area contributed by atoms with Crippen LogP contribution in [0, 0.1) is 5.92 Å². The van der Waals surface area contributed by atoms with Crippen LogP contribution in [0.5, 0.6) is 0 Å². The van der Waals surface area contributed by atoms with E-state index in [1.165, 1.54) is 19.3 Å². The van der Waals surface area contributed by atoms with Crippen LogP contribution in [0.4, 0.5) is 0 Å². The predicted octanol–water partition coefficient (Wildman–Crippen LogP) is 2.99. The lowest BCUT2D eigenvalue weighted by molar-refractivity contribution is 0.272. The minimum Gasteiger partial charge on any atom is -0.326 e. The highest BCUT2D eigenvalue weighted by molar-refractivity contribution is 7.32. The van der Waals surface area contributed by atoms with E-state index in [0.717, 1.165) is 18.8 Å². The zero-order chi connectivity index (χ0) is 10.1. The summed E-state index contributed by atoms with van der Waals surface area (Å²) in [5.41, 5.74) is 0. The molecular weight excluding hydrogens is 187 g/mol. The Hall–Kier alpha value is 0.150. The summed E-state index contributed by atoms with van der Waals surface area (Å²) in [5.74, 6) is 0.804. The molecule has 4 heteroatoms. The van der Waals surface area contributed by atoms with Gasteiger partial charge in [0, 0.05) is 0 Å². The fourth-order valence-electron chi connectivity index (χ4n) is 1.14. The third-order valence-corrected chi connectivity index (χ3v) is 2.71. The Morgan fingerprint density at radius 2 is 2.08 bits per heavy atom. The Labute approximate surface area is 81.4 Å². The lowest BCUT2D eigenvalue weighted by atomic mass is 10.0. The molecule has 0 aromatic rings. The lowest BCUT2D eigenvalue weighted by Crippen LogP contribution is -1.93. The first kappa shape index (κ1) is 13.2. The van der Waals surface area contributed by atoms with Crippen LogP contribution in [0.2, 0.25) is 0 Å². The molecule has 0 saturated heterocycles. The quantitative estimate of drug-likeness (QED) is 0.492. The third kappa shape index (κ3) is 10.1. The Bertz CT molecular complexity index is 139. The topological polar surface area (TPSA) is 46.5 Å². The maximum atomic E-state index is 10.1. The first-order valence-corrected chi connectivity index (χ1v) is 6.29. The largest absolute Gasteiger partial charge is 0.326 e. The molecular formula is C9H21O3P. The van der Waals surface area contributed by atoms with Crippen LogP contribution in [0.3, 0.4) is 0 Å². The molecule has 0 aliphatic heterocycles. The molecule has 2 unspecified atom stereocenters. The Balaban J connectivity index is 3.04. The van der Waals surface area contributed by atoms with Gasteiger partial charge in [-0.25, -0.2) is 0 Å². The summed E-state index contributed by atoms with van der Waals surface area (Å²) >= 11 is 0. The van der Waals surface area contributed by atoms with Crippen LogP contribution in [-0.2, 0) is 9.09 Å². The van der Waals surface area contributed by atoms with Gasteiger partial charge in [0.15, 0.2) is 0 Å².